The highest BCUT2D eigenvalue weighted by Crippen LogP contribution is 2.21. The van der Waals surface area contributed by atoms with Crippen LogP contribution in [0, 0.1) is 13.8 Å². The third-order valence-electron chi connectivity index (χ3n) is 2.50. The summed E-state index contributed by atoms with van der Waals surface area (Å²) < 4.78 is 0. The van der Waals surface area contributed by atoms with Crippen molar-refractivity contribution in [3.63, 3.8) is 0 Å². The number of carbonyl (C=O) groups is 1. The molecule has 0 bridgehead atoms. The van der Waals surface area contributed by atoms with Crippen molar-refractivity contribution in [2.75, 3.05) is 0 Å². The van der Waals surface area contributed by atoms with E-state index in [1.165, 1.54) is 21.1 Å². The molecule has 2 aromatic heterocycles. The number of hydrogen-bond acceptors (Lipinski definition) is 4. The molecule has 0 saturated heterocycles. The van der Waals surface area contributed by atoms with E-state index in [2.05, 4.69) is 30.4 Å². The van der Waals surface area contributed by atoms with Gasteiger partial charge in [-0.2, -0.15) is 5.10 Å². The summed E-state index contributed by atoms with van der Waals surface area (Å²) in [5, 5.41) is 6.03. The van der Waals surface area contributed by atoms with Crippen LogP contribution in [0.2, 0.25) is 0 Å². The smallest absolute Gasteiger partial charge is 0.266 e. The van der Waals surface area contributed by atoms with E-state index in [1.54, 1.807) is 17.4 Å². The van der Waals surface area contributed by atoms with Crippen LogP contribution < -0.4 is 5.43 Å². The quantitative estimate of drug-likeness (QED) is 0.676. The molecule has 0 aromatic carbocycles. The normalized spacial score (nSPS) is 11.6. The first-order valence-electron chi connectivity index (χ1n) is 5.53. The number of carbonyl (C=O) groups excluding carboxylic acids is 1. The minimum Gasteiger partial charge on any atom is -0.266 e. The number of rotatable bonds is 3. The molecule has 0 spiro atoms. The zero-order valence-corrected chi connectivity index (χ0v) is 12.1. The highest BCUT2D eigenvalue weighted by atomic mass is 32.1. The standard InChI is InChI=1S/C13H14N2OS2/c1-8-7-11(10(3)18-8)9(2)14-15-13(16)12-5-4-6-17-12/h4-7H,1-3H3,(H,15,16)/b14-9-. The van der Waals surface area contributed by atoms with E-state index in [4.69, 9.17) is 0 Å². The first-order chi connectivity index (χ1) is 8.58. The summed E-state index contributed by atoms with van der Waals surface area (Å²) in [7, 11) is 0. The third kappa shape index (κ3) is 2.86. The SMILES string of the molecule is C/C(=N/NC(=O)c1cccs1)c1cc(C)sc1C. The molecule has 0 aliphatic rings. The molecule has 18 heavy (non-hydrogen) atoms. The second kappa shape index (κ2) is 5.46. The number of aryl methyl sites for hydroxylation is 2. The van der Waals surface area contributed by atoms with E-state index in [-0.39, 0.29) is 5.91 Å². The van der Waals surface area contributed by atoms with Crippen molar-refractivity contribution in [2.24, 2.45) is 5.10 Å². The second-order valence-corrected chi connectivity index (χ2v) is 6.35. The van der Waals surface area contributed by atoms with Gasteiger partial charge in [0.05, 0.1) is 10.6 Å². The van der Waals surface area contributed by atoms with E-state index in [0.717, 1.165) is 11.3 Å². The Bertz CT molecular complexity index is 582. The van der Waals surface area contributed by atoms with Gasteiger partial charge >= 0.3 is 0 Å². The van der Waals surface area contributed by atoms with Gasteiger partial charge in [-0.3, -0.25) is 4.79 Å². The van der Waals surface area contributed by atoms with Gasteiger partial charge in [-0.15, -0.1) is 22.7 Å². The summed E-state index contributed by atoms with van der Waals surface area (Å²) >= 11 is 3.14. The predicted molar refractivity (Wildman–Crippen MR) is 77.8 cm³/mol. The van der Waals surface area contributed by atoms with Gasteiger partial charge in [0.25, 0.3) is 5.91 Å². The van der Waals surface area contributed by atoms with Crippen LogP contribution in [0.3, 0.4) is 0 Å². The van der Waals surface area contributed by atoms with Crippen LogP contribution in [-0.2, 0) is 0 Å². The molecular formula is C13H14N2OS2. The van der Waals surface area contributed by atoms with Gasteiger partial charge in [-0.1, -0.05) is 6.07 Å². The molecule has 0 aliphatic carbocycles. The largest absolute Gasteiger partial charge is 0.281 e. The third-order valence-corrected chi connectivity index (χ3v) is 4.34. The first-order valence-corrected chi connectivity index (χ1v) is 7.23. The van der Waals surface area contributed by atoms with Gasteiger partial charge in [0.15, 0.2) is 0 Å². The number of thiophene rings is 2. The maximum atomic E-state index is 11.7. The summed E-state index contributed by atoms with van der Waals surface area (Å²) in [4.78, 5) is 14.9. The number of nitrogens with one attached hydrogen (secondary N) is 1. The Morgan fingerprint density at radius 2 is 2.17 bits per heavy atom. The maximum absolute atomic E-state index is 11.7. The van der Waals surface area contributed by atoms with Crippen molar-refractivity contribution in [3.05, 3.63) is 43.8 Å². The Kier molecular flexibility index (Phi) is 3.93. The molecule has 2 aromatic rings. The molecule has 0 unspecified atom stereocenters. The fourth-order valence-electron chi connectivity index (χ4n) is 1.65. The zero-order valence-electron chi connectivity index (χ0n) is 10.5. The lowest BCUT2D eigenvalue weighted by molar-refractivity contribution is 0.0959. The Hall–Kier alpha value is -1.46. The molecule has 2 rings (SSSR count). The highest BCUT2D eigenvalue weighted by Gasteiger charge is 2.08. The van der Waals surface area contributed by atoms with Crippen LogP contribution in [0.25, 0.3) is 0 Å². The molecule has 5 heteroatoms. The summed E-state index contributed by atoms with van der Waals surface area (Å²) in [6.07, 6.45) is 0. The van der Waals surface area contributed by atoms with Crippen molar-refractivity contribution < 1.29 is 4.79 Å². The highest BCUT2D eigenvalue weighted by molar-refractivity contribution is 7.12. The molecule has 1 amide bonds. The Balaban J connectivity index is 2.10. The van der Waals surface area contributed by atoms with Crippen LogP contribution >= 0.6 is 22.7 Å². The van der Waals surface area contributed by atoms with Crippen molar-refractivity contribution in [1.29, 1.82) is 0 Å². The van der Waals surface area contributed by atoms with Crippen molar-refractivity contribution in [1.82, 2.24) is 5.43 Å². The Morgan fingerprint density at radius 1 is 1.39 bits per heavy atom. The van der Waals surface area contributed by atoms with Crippen molar-refractivity contribution in [2.45, 2.75) is 20.8 Å². The second-order valence-electron chi connectivity index (χ2n) is 3.94. The number of hydrogen-bond donors (Lipinski definition) is 1. The monoisotopic (exact) mass is 278 g/mol. The van der Waals surface area contributed by atoms with Crippen LogP contribution in [0.4, 0.5) is 0 Å². The molecule has 0 fully saturated rings. The van der Waals surface area contributed by atoms with Crippen LogP contribution in [-0.4, -0.2) is 11.6 Å². The summed E-state index contributed by atoms with van der Waals surface area (Å²) in [6.45, 7) is 6.04. The van der Waals surface area contributed by atoms with Gasteiger partial charge in [-0.05, 0) is 38.3 Å². The van der Waals surface area contributed by atoms with Gasteiger partial charge in [0.1, 0.15) is 0 Å². The van der Waals surface area contributed by atoms with Gasteiger partial charge in [0.2, 0.25) is 0 Å². The molecule has 94 valence electrons. The van der Waals surface area contributed by atoms with Gasteiger partial charge in [-0.25, -0.2) is 5.43 Å². The lowest BCUT2D eigenvalue weighted by Crippen LogP contribution is -2.18. The lowest BCUT2D eigenvalue weighted by Gasteiger charge is -2.00. The molecule has 3 nitrogen and oxygen atoms in total. The van der Waals surface area contributed by atoms with Crippen molar-refractivity contribution >= 4 is 34.3 Å². The fourth-order valence-corrected chi connectivity index (χ4v) is 3.24. The minimum atomic E-state index is -0.158. The predicted octanol–water partition coefficient (Wildman–Crippen LogP) is 3.58. The molecule has 1 N–H and O–H groups in total. The summed E-state index contributed by atoms with van der Waals surface area (Å²) in [5.74, 6) is -0.158. The first kappa shape index (κ1) is 13.0. The Labute approximate surface area is 114 Å². The fraction of sp³-hybridized carbons (Fsp3) is 0.231. The van der Waals surface area contributed by atoms with E-state index in [1.807, 2.05) is 18.4 Å². The number of amides is 1. The molecule has 0 aliphatic heterocycles. The van der Waals surface area contributed by atoms with E-state index in [0.29, 0.717) is 4.88 Å². The molecule has 0 radical (unpaired) electrons. The summed E-state index contributed by atoms with van der Waals surface area (Å²) in [6, 6.07) is 5.73. The van der Waals surface area contributed by atoms with Gasteiger partial charge < -0.3 is 0 Å². The molecule has 0 atom stereocenters. The topological polar surface area (TPSA) is 41.5 Å². The van der Waals surface area contributed by atoms with E-state index in [9.17, 15) is 4.79 Å². The number of nitrogens with zero attached hydrogens (tertiary/aromatic N) is 1. The van der Waals surface area contributed by atoms with E-state index < -0.39 is 0 Å². The van der Waals surface area contributed by atoms with E-state index >= 15 is 0 Å². The summed E-state index contributed by atoms with van der Waals surface area (Å²) in [5.41, 5.74) is 4.52. The number of hydrazone groups is 1. The molecular weight excluding hydrogens is 264 g/mol. The van der Waals surface area contributed by atoms with Crippen LogP contribution in [0.15, 0.2) is 28.7 Å². The van der Waals surface area contributed by atoms with Crippen LogP contribution in [0.1, 0.15) is 31.9 Å². The molecule has 2 heterocycles. The Morgan fingerprint density at radius 3 is 2.72 bits per heavy atom. The minimum absolute atomic E-state index is 0.158. The van der Waals surface area contributed by atoms with Gasteiger partial charge in [0, 0.05) is 15.3 Å². The van der Waals surface area contributed by atoms with Crippen molar-refractivity contribution in [3.8, 4) is 0 Å². The maximum Gasteiger partial charge on any atom is 0.281 e. The molecule has 0 saturated carbocycles. The van der Waals surface area contributed by atoms with Crippen LogP contribution in [0.5, 0.6) is 0 Å². The average molecular weight is 278 g/mol. The lowest BCUT2D eigenvalue weighted by atomic mass is 10.2. The zero-order chi connectivity index (χ0) is 13.1. The average Bonchev–Trinajstić information content (AvgIpc) is 2.95.